The predicted octanol–water partition coefficient (Wildman–Crippen LogP) is 4.90. The summed E-state index contributed by atoms with van der Waals surface area (Å²) in [6.45, 7) is 9.99. The Balaban J connectivity index is 1.47. The lowest BCUT2D eigenvalue weighted by atomic mass is 9.99. The van der Waals surface area contributed by atoms with Crippen LogP contribution in [-0.4, -0.2) is 34.6 Å². The van der Waals surface area contributed by atoms with E-state index < -0.39 is 13.7 Å². The third kappa shape index (κ3) is 5.45. The highest BCUT2D eigenvalue weighted by molar-refractivity contribution is 7.09. The highest BCUT2D eigenvalue weighted by Crippen LogP contribution is 2.33. The van der Waals surface area contributed by atoms with Gasteiger partial charge in [-0.25, -0.2) is 9.67 Å². The fourth-order valence-electron chi connectivity index (χ4n) is 3.50. The van der Waals surface area contributed by atoms with E-state index in [9.17, 15) is 5.11 Å². The van der Waals surface area contributed by atoms with Gasteiger partial charge in [0.05, 0.1) is 6.20 Å². The Hall–Kier alpha value is -2.50. The minimum absolute atomic E-state index is 0.474. The molecule has 1 aliphatic carbocycles. The molecule has 166 valence electrons. The summed E-state index contributed by atoms with van der Waals surface area (Å²) in [6.07, 6.45) is 8.75. The van der Waals surface area contributed by atoms with Crippen molar-refractivity contribution in [1.29, 1.82) is 0 Å². The van der Waals surface area contributed by atoms with E-state index in [1.807, 2.05) is 28.5 Å². The molecule has 2 aromatic heterocycles. The van der Waals surface area contributed by atoms with E-state index in [1.54, 1.807) is 13.1 Å². The number of allylic oxidation sites excluding steroid dienone is 1. The molecule has 0 saturated carbocycles. The maximum Gasteiger partial charge on any atom is 0.174 e. The summed E-state index contributed by atoms with van der Waals surface area (Å²) in [4.78, 5) is 4.19. The van der Waals surface area contributed by atoms with Gasteiger partial charge in [0, 0.05) is 43.6 Å². The van der Waals surface area contributed by atoms with E-state index in [1.165, 1.54) is 28.0 Å². The summed E-state index contributed by atoms with van der Waals surface area (Å²) in [7, 11) is -1.08. The molecule has 0 radical (unpaired) electrons. The van der Waals surface area contributed by atoms with Gasteiger partial charge in [0.15, 0.2) is 5.60 Å². The Labute approximate surface area is 194 Å². The van der Waals surface area contributed by atoms with Crippen molar-refractivity contribution in [2.45, 2.75) is 51.4 Å². The van der Waals surface area contributed by atoms with Gasteiger partial charge in [-0.3, -0.25) is 0 Å². The van der Waals surface area contributed by atoms with Crippen LogP contribution in [0.4, 0.5) is 0 Å². The molecule has 0 saturated heterocycles. The minimum atomic E-state index is -1.26. The molecule has 0 aliphatic heterocycles. The van der Waals surface area contributed by atoms with E-state index in [-0.39, 0.29) is 0 Å². The first-order chi connectivity index (χ1) is 15.2. The van der Waals surface area contributed by atoms with Crippen LogP contribution in [0.1, 0.15) is 34.2 Å². The van der Waals surface area contributed by atoms with Crippen molar-refractivity contribution < 1.29 is 9.84 Å². The van der Waals surface area contributed by atoms with Crippen molar-refractivity contribution in [3.63, 3.8) is 0 Å². The van der Waals surface area contributed by atoms with Gasteiger partial charge in [-0.1, -0.05) is 43.6 Å². The molecule has 0 fully saturated rings. The number of aromatic nitrogens is 3. The van der Waals surface area contributed by atoms with Crippen LogP contribution in [0.3, 0.4) is 0 Å². The molecular weight excluding hydrogens is 434 g/mol. The van der Waals surface area contributed by atoms with Crippen LogP contribution in [-0.2, 0) is 23.5 Å². The largest absolute Gasteiger partial charge is 0.371 e. The zero-order valence-electron chi connectivity index (χ0n) is 19.1. The standard InChI is InChI=1S/C25H29N3O2SSi/c1-25(29,24-26-11-13-31-24)10-9-19-5-6-20-7-8-22(23(20)15-19)21-16-27-28(17-21)18-30-12-14-32(2,3)4/h5-6,8,11,13,15-17,29H,7,12,14,18H2,1-4H3. The van der Waals surface area contributed by atoms with Crippen molar-refractivity contribution in [1.82, 2.24) is 14.8 Å². The summed E-state index contributed by atoms with van der Waals surface area (Å²) in [5.74, 6) is 6.10. The van der Waals surface area contributed by atoms with Crippen molar-refractivity contribution in [2.24, 2.45) is 0 Å². The quantitative estimate of drug-likeness (QED) is 0.308. The predicted molar refractivity (Wildman–Crippen MR) is 132 cm³/mol. The number of hydrogen-bond donors (Lipinski definition) is 1. The lowest BCUT2D eigenvalue weighted by Crippen LogP contribution is -2.22. The first-order valence-electron chi connectivity index (χ1n) is 10.8. The third-order valence-corrected chi connectivity index (χ3v) is 8.08. The number of aliphatic hydroxyl groups is 1. The van der Waals surface area contributed by atoms with Crippen molar-refractivity contribution in [3.8, 4) is 11.8 Å². The first kappa shape index (κ1) is 22.7. The van der Waals surface area contributed by atoms with Crippen molar-refractivity contribution >= 4 is 25.0 Å². The molecule has 4 rings (SSSR count). The third-order valence-electron chi connectivity index (χ3n) is 5.39. The number of thiazole rings is 1. The van der Waals surface area contributed by atoms with Gasteiger partial charge in [0.25, 0.3) is 0 Å². The smallest absolute Gasteiger partial charge is 0.174 e. The molecule has 1 atom stereocenters. The second-order valence-corrected chi connectivity index (χ2v) is 16.0. The van der Waals surface area contributed by atoms with E-state index >= 15 is 0 Å². The molecule has 0 spiro atoms. The van der Waals surface area contributed by atoms with Crippen LogP contribution in [0.2, 0.25) is 25.7 Å². The Bertz CT molecular complexity index is 1180. The van der Waals surface area contributed by atoms with E-state index in [4.69, 9.17) is 4.74 Å². The maximum absolute atomic E-state index is 10.6. The van der Waals surface area contributed by atoms with Gasteiger partial charge < -0.3 is 9.84 Å². The van der Waals surface area contributed by atoms with Gasteiger partial charge >= 0.3 is 0 Å². The summed E-state index contributed by atoms with van der Waals surface area (Å²) in [5.41, 5.74) is 4.31. The number of rotatable bonds is 7. The molecule has 1 unspecified atom stereocenters. The molecule has 1 aliphatic rings. The molecule has 2 heterocycles. The average Bonchev–Trinajstić information content (AvgIpc) is 3.49. The fourth-order valence-corrected chi connectivity index (χ4v) is 4.91. The zero-order valence-corrected chi connectivity index (χ0v) is 20.9. The van der Waals surface area contributed by atoms with E-state index in [2.05, 4.69) is 59.8 Å². The number of fused-ring (bicyclic) bond motifs is 1. The van der Waals surface area contributed by atoms with Crippen molar-refractivity contribution in [3.05, 3.63) is 75.5 Å². The van der Waals surface area contributed by atoms with E-state index in [0.717, 1.165) is 30.2 Å². The molecule has 1 N–H and O–H groups in total. The van der Waals surface area contributed by atoms with Crippen LogP contribution in [0, 0.1) is 11.8 Å². The summed E-state index contributed by atoms with van der Waals surface area (Å²) >= 11 is 1.40. The average molecular weight is 464 g/mol. The molecule has 1 aromatic carbocycles. The molecule has 0 amide bonds. The Morgan fingerprint density at radius 1 is 1.31 bits per heavy atom. The second-order valence-electron chi connectivity index (χ2n) is 9.47. The Morgan fingerprint density at radius 2 is 2.16 bits per heavy atom. The van der Waals surface area contributed by atoms with Crippen LogP contribution in [0.15, 0.2) is 48.2 Å². The van der Waals surface area contributed by atoms with Crippen LogP contribution in [0.25, 0.3) is 5.57 Å². The van der Waals surface area contributed by atoms with Gasteiger partial charge in [-0.15, -0.1) is 11.3 Å². The maximum atomic E-state index is 10.6. The summed E-state index contributed by atoms with van der Waals surface area (Å²) in [5, 5.41) is 17.6. The SMILES string of the molecule is CC(O)(C#Cc1ccc2c(c1)C(c1cnn(COCC[Si](C)(C)C)c1)=CC2)c1nccs1. The highest BCUT2D eigenvalue weighted by atomic mass is 32.1. The fraction of sp³-hybridized carbons (Fsp3) is 0.360. The second kappa shape index (κ2) is 9.16. The van der Waals surface area contributed by atoms with Gasteiger partial charge in [0.2, 0.25) is 0 Å². The number of ether oxygens (including phenoxy) is 1. The van der Waals surface area contributed by atoms with Gasteiger partial charge in [-0.2, -0.15) is 5.10 Å². The number of hydrogen-bond acceptors (Lipinski definition) is 5. The first-order valence-corrected chi connectivity index (χ1v) is 15.4. The molecule has 7 heteroatoms. The molecule has 32 heavy (non-hydrogen) atoms. The van der Waals surface area contributed by atoms with Gasteiger partial charge in [0.1, 0.15) is 11.7 Å². The Morgan fingerprint density at radius 3 is 2.91 bits per heavy atom. The lowest BCUT2D eigenvalue weighted by Gasteiger charge is -2.15. The lowest BCUT2D eigenvalue weighted by molar-refractivity contribution is 0.0786. The molecular formula is C25H29N3O2SSi. The van der Waals surface area contributed by atoms with Crippen LogP contribution < -0.4 is 0 Å². The van der Waals surface area contributed by atoms with Crippen LogP contribution in [0.5, 0.6) is 0 Å². The van der Waals surface area contributed by atoms with Gasteiger partial charge in [-0.05, 0) is 48.2 Å². The minimum Gasteiger partial charge on any atom is -0.371 e. The topological polar surface area (TPSA) is 60.2 Å². The zero-order chi connectivity index (χ0) is 22.8. The van der Waals surface area contributed by atoms with E-state index in [0.29, 0.717) is 11.7 Å². The number of benzene rings is 1. The molecule has 3 aromatic rings. The Kier molecular flexibility index (Phi) is 6.49. The monoisotopic (exact) mass is 463 g/mol. The van der Waals surface area contributed by atoms with Crippen LogP contribution >= 0.6 is 11.3 Å². The molecule has 0 bridgehead atoms. The number of nitrogens with zero attached hydrogens (tertiary/aromatic N) is 3. The summed E-state index contributed by atoms with van der Waals surface area (Å²) < 4.78 is 7.68. The summed E-state index contributed by atoms with van der Waals surface area (Å²) in [6, 6.07) is 7.38. The molecule has 5 nitrogen and oxygen atoms in total. The van der Waals surface area contributed by atoms with Crippen molar-refractivity contribution in [2.75, 3.05) is 6.61 Å². The highest BCUT2D eigenvalue weighted by Gasteiger charge is 2.23. The normalized spacial score (nSPS) is 15.0.